The molecular formula is C15H29N3O2. The van der Waals surface area contributed by atoms with E-state index in [0.717, 1.165) is 38.8 Å². The fraction of sp³-hybridized carbons (Fsp3) is 0.933. The van der Waals surface area contributed by atoms with Crippen molar-refractivity contribution in [1.82, 2.24) is 9.80 Å². The van der Waals surface area contributed by atoms with Crippen LogP contribution in [-0.4, -0.2) is 67.2 Å². The van der Waals surface area contributed by atoms with Crippen molar-refractivity contribution in [3.05, 3.63) is 0 Å². The molecular weight excluding hydrogens is 254 g/mol. The largest absolute Gasteiger partial charge is 0.468 e. The van der Waals surface area contributed by atoms with Crippen LogP contribution in [0.15, 0.2) is 0 Å². The molecule has 2 N–H and O–H groups in total. The van der Waals surface area contributed by atoms with E-state index in [2.05, 4.69) is 9.80 Å². The van der Waals surface area contributed by atoms with Gasteiger partial charge < -0.3 is 15.4 Å². The number of methoxy groups -OCH3 is 1. The number of rotatable bonds is 5. The SMILES string of the molecule is COC(=O)C(C)(N)CCN1CCN(C2CCCC2)CC1. The summed E-state index contributed by atoms with van der Waals surface area (Å²) >= 11 is 0. The predicted octanol–water partition coefficient (Wildman–Crippen LogP) is 0.827. The van der Waals surface area contributed by atoms with Crippen LogP contribution in [0.5, 0.6) is 0 Å². The van der Waals surface area contributed by atoms with Gasteiger partial charge >= 0.3 is 5.97 Å². The maximum atomic E-state index is 11.6. The Kier molecular flexibility index (Phi) is 5.41. The van der Waals surface area contributed by atoms with Gasteiger partial charge in [-0.25, -0.2) is 0 Å². The molecule has 0 bridgehead atoms. The van der Waals surface area contributed by atoms with E-state index in [1.807, 2.05) is 0 Å². The standard InChI is InChI=1S/C15H29N3O2/c1-15(16,14(19)20-2)7-8-17-9-11-18(12-10-17)13-5-3-4-6-13/h13H,3-12,16H2,1-2H3. The highest BCUT2D eigenvalue weighted by Gasteiger charge is 2.31. The molecule has 1 aliphatic carbocycles. The van der Waals surface area contributed by atoms with Crippen LogP contribution in [0, 0.1) is 0 Å². The van der Waals surface area contributed by atoms with Crippen molar-refractivity contribution < 1.29 is 9.53 Å². The van der Waals surface area contributed by atoms with E-state index in [4.69, 9.17) is 10.5 Å². The second-order valence-electron chi connectivity index (χ2n) is 6.47. The molecule has 1 atom stereocenters. The summed E-state index contributed by atoms with van der Waals surface area (Å²) in [6.45, 7) is 7.13. The minimum absolute atomic E-state index is 0.318. The van der Waals surface area contributed by atoms with Gasteiger partial charge in [-0.3, -0.25) is 9.69 Å². The van der Waals surface area contributed by atoms with Gasteiger partial charge in [0, 0.05) is 38.8 Å². The molecule has 2 fully saturated rings. The van der Waals surface area contributed by atoms with Crippen molar-refractivity contribution in [1.29, 1.82) is 0 Å². The molecule has 2 aliphatic rings. The van der Waals surface area contributed by atoms with Crippen LogP contribution in [0.25, 0.3) is 0 Å². The quantitative estimate of drug-likeness (QED) is 0.757. The molecule has 0 radical (unpaired) electrons. The fourth-order valence-corrected chi connectivity index (χ4v) is 3.35. The fourth-order valence-electron chi connectivity index (χ4n) is 3.35. The summed E-state index contributed by atoms with van der Waals surface area (Å²) in [5.74, 6) is -0.318. The van der Waals surface area contributed by atoms with Crippen molar-refractivity contribution >= 4 is 5.97 Å². The molecule has 0 aromatic carbocycles. The number of ether oxygens (including phenoxy) is 1. The zero-order valence-electron chi connectivity index (χ0n) is 12.9. The molecule has 1 unspecified atom stereocenters. The summed E-state index contributed by atoms with van der Waals surface area (Å²) in [7, 11) is 1.40. The Labute approximate surface area is 122 Å². The van der Waals surface area contributed by atoms with E-state index in [-0.39, 0.29) is 5.97 Å². The van der Waals surface area contributed by atoms with Crippen LogP contribution in [0.3, 0.4) is 0 Å². The summed E-state index contributed by atoms with van der Waals surface area (Å²) in [6.07, 6.45) is 6.21. The van der Waals surface area contributed by atoms with Crippen LogP contribution >= 0.6 is 0 Å². The minimum Gasteiger partial charge on any atom is -0.468 e. The van der Waals surface area contributed by atoms with Crippen molar-refractivity contribution in [3.63, 3.8) is 0 Å². The van der Waals surface area contributed by atoms with Gasteiger partial charge in [-0.05, 0) is 26.2 Å². The summed E-state index contributed by atoms with van der Waals surface area (Å²) in [5, 5.41) is 0. The van der Waals surface area contributed by atoms with E-state index in [0.29, 0.717) is 6.42 Å². The first-order valence-corrected chi connectivity index (χ1v) is 7.86. The maximum absolute atomic E-state index is 11.6. The number of hydrogen-bond acceptors (Lipinski definition) is 5. The highest BCUT2D eigenvalue weighted by atomic mass is 16.5. The van der Waals surface area contributed by atoms with Gasteiger partial charge in [0.15, 0.2) is 0 Å². The van der Waals surface area contributed by atoms with Gasteiger partial charge in [-0.15, -0.1) is 0 Å². The topological polar surface area (TPSA) is 58.8 Å². The van der Waals surface area contributed by atoms with E-state index >= 15 is 0 Å². The van der Waals surface area contributed by atoms with E-state index in [1.54, 1.807) is 6.92 Å². The Morgan fingerprint density at radius 3 is 2.40 bits per heavy atom. The van der Waals surface area contributed by atoms with Crippen LogP contribution in [0.1, 0.15) is 39.0 Å². The lowest BCUT2D eigenvalue weighted by molar-refractivity contribution is -0.146. The van der Waals surface area contributed by atoms with E-state index in [9.17, 15) is 4.79 Å². The minimum atomic E-state index is -0.864. The summed E-state index contributed by atoms with van der Waals surface area (Å²) in [4.78, 5) is 16.6. The highest BCUT2D eigenvalue weighted by Crippen LogP contribution is 2.24. The molecule has 1 saturated carbocycles. The second kappa shape index (κ2) is 6.87. The predicted molar refractivity (Wildman–Crippen MR) is 79.5 cm³/mol. The molecule has 0 spiro atoms. The number of piperazine rings is 1. The van der Waals surface area contributed by atoms with Gasteiger partial charge in [-0.1, -0.05) is 12.8 Å². The third-order valence-corrected chi connectivity index (χ3v) is 4.85. The van der Waals surface area contributed by atoms with Gasteiger partial charge in [0.1, 0.15) is 5.54 Å². The Morgan fingerprint density at radius 1 is 1.25 bits per heavy atom. The molecule has 5 heteroatoms. The monoisotopic (exact) mass is 283 g/mol. The third-order valence-electron chi connectivity index (χ3n) is 4.85. The normalized spacial score (nSPS) is 25.6. The molecule has 2 rings (SSSR count). The molecule has 1 aliphatic heterocycles. The molecule has 5 nitrogen and oxygen atoms in total. The molecule has 0 aromatic rings. The smallest absolute Gasteiger partial charge is 0.325 e. The van der Waals surface area contributed by atoms with Crippen LogP contribution in [0.4, 0.5) is 0 Å². The lowest BCUT2D eigenvalue weighted by Crippen LogP contribution is -2.52. The second-order valence-corrected chi connectivity index (χ2v) is 6.47. The average Bonchev–Trinajstić information content (AvgIpc) is 2.99. The average molecular weight is 283 g/mol. The first-order valence-electron chi connectivity index (χ1n) is 7.86. The summed E-state index contributed by atoms with van der Waals surface area (Å²) in [6, 6.07) is 0.826. The van der Waals surface area contributed by atoms with E-state index in [1.165, 1.54) is 32.8 Å². The molecule has 20 heavy (non-hydrogen) atoms. The number of nitrogens with zero attached hydrogens (tertiary/aromatic N) is 2. The lowest BCUT2D eigenvalue weighted by Gasteiger charge is -2.38. The Bertz CT molecular complexity index is 319. The zero-order chi connectivity index (χ0) is 14.6. The van der Waals surface area contributed by atoms with Gasteiger partial charge in [0.25, 0.3) is 0 Å². The van der Waals surface area contributed by atoms with Gasteiger partial charge in [-0.2, -0.15) is 0 Å². The molecule has 1 heterocycles. The van der Waals surface area contributed by atoms with Crippen LogP contribution < -0.4 is 5.73 Å². The van der Waals surface area contributed by atoms with Crippen molar-refractivity contribution in [2.24, 2.45) is 5.73 Å². The number of nitrogens with two attached hydrogens (primary N) is 1. The first-order chi connectivity index (χ1) is 9.53. The number of carbonyl (C=O) groups is 1. The van der Waals surface area contributed by atoms with Gasteiger partial charge in [0.2, 0.25) is 0 Å². The maximum Gasteiger partial charge on any atom is 0.325 e. The Hall–Kier alpha value is -0.650. The Balaban J connectivity index is 1.70. The van der Waals surface area contributed by atoms with Crippen molar-refractivity contribution in [2.45, 2.75) is 50.6 Å². The van der Waals surface area contributed by atoms with Gasteiger partial charge in [0.05, 0.1) is 7.11 Å². The Morgan fingerprint density at radius 2 is 1.85 bits per heavy atom. The van der Waals surface area contributed by atoms with E-state index < -0.39 is 5.54 Å². The highest BCUT2D eigenvalue weighted by molar-refractivity contribution is 5.79. The molecule has 0 amide bonds. The summed E-state index contributed by atoms with van der Waals surface area (Å²) < 4.78 is 4.75. The van der Waals surface area contributed by atoms with Crippen LogP contribution in [0.2, 0.25) is 0 Å². The molecule has 116 valence electrons. The molecule has 1 saturated heterocycles. The van der Waals surface area contributed by atoms with Crippen molar-refractivity contribution in [2.75, 3.05) is 39.8 Å². The van der Waals surface area contributed by atoms with Crippen LogP contribution in [-0.2, 0) is 9.53 Å². The summed E-state index contributed by atoms with van der Waals surface area (Å²) in [5.41, 5.74) is 5.14. The van der Waals surface area contributed by atoms with Crippen molar-refractivity contribution in [3.8, 4) is 0 Å². The number of carbonyl (C=O) groups excluding carboxylic acids is 1. The third kappa shape index (κ3) is 3.93. The zero-order valence-corrected chi connectivity index (χ0v) is 12.9. The first kappa shape index (κ1) is 15.7. The number of hydrogen-bond donors (Lipinski definition) is 1. The number of esters is 1. The molecule has 0 aromatic heterocycles. The lowest BCUT2D eigenvalue weighted by atomic mass is 9.99.